The maximum absolute atomic E-state index is 12.9. The second-order valence-electron chi connectivity index (χ2n) is 7.88. The van der Waals surface area contributed by atoms with Crippen LogP contribution in [0.3, 0.4) is 0 Å². The maximum atomic E-state index is 12.9. The molecule has 0 radical (unpaired) electrons. The molecule has 4 heteroatoms. The van der Waals surface area contributed by atoms with Crippen molar-refractivity contribution in [1.29, 1.82) is 0 Å². The summed E-state index contributed by atoms with van der Waals surface area (Å²) < 4.78 is 0. The molecule has 152 valence electrons. The van der Waals surface area contributed by atoms with Gasteiger partial charge in [0.2, 0.25) is 0 Å². The zero-order chi connectivity index (χ0) is 20.9. The van der Waals surface area contributed by atoms with Crippen molar-refractivity contribution in [2.24, 2.45) is 0 Å². The van der Waals surface area contributed by atoms with Crippen LogP contribution in [0.1, 0.15) is 79.6 Å². The van der Waals surface area contributed by atoms with E-state index in [9.17, 15) is 9.59 Å². The number of nitrogens with zero attached hydrogens (tertiary/aromatic N) is 1. The van der Waals surface area contributed by atoms with Crippen LogP contribution in [0, 0.1) is 6.92 Å². The van der Waals surface area contributed by atoms with Crippen LogP contribution in [-0.2, 0) is 10.2 Å². The summed E-state index contributed by atoms with van der Waals surface area (Å²) in [5, 5.41) is 2.97. The van der Waals surface area contributed by atoms with Crippen LogP contribution in [-0.4, -0.2) is 16.7 Å². The largest absolute Gasteiger partial charge is 0.320 e. The molecule has 0 aliphatic heterocycles. The van der Waals surface area contributed by atoms with Crippen molar-refractivity contribution in [3.8, 4) is 0 Å². The SMILES string of the molecule is CCC=Cc1cc(C(=O)Nc2cccnc2C)ccc1C1(CC)CCC(=O)CC1. The van der Waals surface area contributed by atoms with Gasteiger partial charge in [0.1, 0.15) is 5.78 Å². The normalized spacial score (nSPS) is 16.2. The number of rotatable bonds is 6. The first-order valence-corrected chi connectivity index (χ1v) is 10.5. The van der Waals surface area contributed by atoms with Gasteiger partial charge in [0.25, 0.3) is 5.91 Å². The van der Waals surface area contributed by atoms with Crippen LogP contribution >= 0.6 is 0 Å². The third-order valence-corrected chi connectivity index (χ3v) is 6.11. The average molecular weight is 391 g/mol. The number of amides is 1. The molecule has 1 aromatic heterocycles. The molecule has 29 heavy (non-hydrogen) atoms. The van der Waals surface area contributed by atoms with Gasteiger partial charge in [-0.25, -0.2) is 0 Å². The molecule has 0 bridgehead atoms. The summed E-state index contributed by atoms with van der Waals surface area (Å²) in [5.41, 5.74) is 4.50. The van der Waals surface area contributed by atoms with Gasteiger partial charge in [-0.05, 0) is 73.4 Å². The number of benzene rings is 1. The standard InChI is InChI=1S/C25H30N2O2/c1-4-6-8-19-17-20(24(29)27-23-9-7-16-26-18(23)3)10-11-22(19)25(5-2)14-12-21(28)13-15-25/h6-11,16-17H,4-5,12-15H2,1-3H3,(H,27,29). The Balaban J connectivity index is 1.95. The van der Waals surface area contributed by atoms with Gasteiger partial charge in [-0.3, -0.25) is 14.6 Å². The smallest absolute Gasteiger partial charge is 0.255 e. The topological polar surface area (TPSA) is 59.1 Å². The van der Waals surface area contributed by atoms with Gasteiger partial charge in [-0.15, -0.1) is 0 Å². The highest BCUT2D eigenvalue weighted by molar-refractivity contribution is 6.05. The third-order valence-electron chi connectivity index (χ3n) is 6.11. The number of hydrogen-bond acceptors (Lipinski definition) is 3. The van der Waals surface area contributed by atoms with Crippen molar-refractivity contribution in [3.05, 3.63) is 65.0 Å². The first-order valence-electron chi connectivity index (χ1n) is 10.5. The number of hydrogen-bond donors (Lipinski definition) is 1. The molecular weight excluding hydrogens is 360 g/mol. The summed E-state index contributed by atoms with van der Waals surface area (Å²) in [6, 6.07) is 9.66. The molecule has 0 unspecified atom stereocenters. The lowest BCUT2D eigenvalue weighted by Gasteiger charge is -2.38. The summed E-state index contributed by atoms with van der Waals surface area (Å²) >= 11 is 0. The van der Waals surface area contributed by atoms with E-state index in [0.717, 1.165) is 42.6 Å². The second-order valence-corrected chi connectivity index (χ2v) is 7.88. The summed E-state index contributed by atoms with van der Waals surface area (Å²) in [6.07, 6.45) is 11.0. The zero-order valence-electron chi connectivity index (χ0n) is 17.6. The second kappa shape index (κ2) is 9.17. The number of Topliss-reactive ketones (excluding diaryl/α,β-unsaturated/α-hetero) is 1. The van der Waals surface area contributed by atoms with Crippen LogP contribution in [0.4, 0.5) is 5.69 Å². The van der Waals surface area contributed by atoms with E-state index in [1.165, 1.54) is 5.56 Å². The van der Waals surface area contributed by atoms with Crippen LogP contribution in [0.25, 0.3) is 6.08 Å². The number of pyridine rings is 1. The lowest BCUT2D eigenvalue weighted by Crippen LogP contribution is -2.32. The molecule has 1 N–H and O–H groups in total. The Kier molecular flexibility index (Phi) is 6.63. The predicted molar refractivity (Wildman–Crippen MR) is 118 cm³/mol. The first kappa shape index (κ1) is 21.0. The highest BCUT2D eigenvalue weighted by Gasteiger charge is 2.36. The van der Waals surface area contributed by atoms with E-state index < -0.39 is 0 Å². The fourth-order valence-corrected chi connectivity index (χ4v) is 4.20. The molecule has 0 spiro atoms. The van der Waals surface area contributed by atoms with E-state index in [0.29, 0.717) is 24.2 Å². The van der Waals surface area contributed by atoms with Gasteiger partial charge in [-0.2, -0.15) is 0 Å². The Hall–Kier alpha value is -2.75. The van der Waals surface area contributed by atoms with Crippen molar-refractivity contribution in [3.63, 3.8) is 0 Å². The fraction of sp³-hybridized carbons (Fsp3) is 0.400. The molecule has 0 saturated heterocycles. The van der Waals surface area contributed by atoms with E-state index in [2.05, 4.69) is 42.4 Å². The maximum Gasteiger partial charge on any atom is 0.255 e. The van der Waals surface area contributed by atoms with Crippen molar-refractivity contribution in [2.45, 2.75) is 64.7 Å². The molecule has 4 nitrogen and oxygen atoms in total. The lowest BCUT2D eigenvalue weighted by atomic mass is 9.66. The van der Waals surface area contributed by atoms with E-state index >= 15 is 0 Å². The Morgan fingerprint density at radius 1 is 1.21 bits per heavy atom. The highest BCUT2D eigenvalue weighted by atomic mass is 16.1. The first-order chi connectivity index (χ1) is 14.0. The van der Waals surface area contributed by atoms with E-state index in [1.807, 2.05) is 31.2 Å². The summed E-state index contributed by atoms with van der Waals surface area (Å²) in [4.78, 5) is 28.9. The van der Waals surface area contributed by atoms with Crippen LogP contribution in [0.5, 0.6) is 0 Å². The number of ketones is 1. The quantitative estimate of drug-likeness (QED) is 0.672. The number of aryl methyl sites for hydroxylation is 1. The molecule has 1 fully saturated rings. The number of nitrogens with one attached hydrogen (secondary N) is 1. The zero-order valence-corrected chi connectivity index (χ0v) is 17.6. The number of anilines is 1. The average Bonchev–Trinajstić information content (AvgIpc) is 2.74. The Labute approximate surface area is 173 Å². The molecule has 1 aliphatic rings. The fourth-order valence-electron chi connectivity index (χ4n) is 4.20. The van der Waals surface area contributed by atoms with Crippen molar-refractivity contribution < 1.29 is 9.59 Å². The third kappa shape index (κ3) is 4.64. The molecular formula is C25H30N2O2. The molecule has 2 aromatic rings. The molecule has 1 aromatic carbocycles. The van der Waals surface area contributed by atoms with Gasteiger partial charge in [0.05, 0.1) is 11.4 Å². The Morgan fingerprint density at radius 3 is 2.62 bits per heavy atom. The van der Waals surface area contributed by atoms with Crippen LogP contribution < -0.4 is 5.32 Å². The predicted octanol–water partition coefficient (Wildman–Crippen LogP) is 5.86. The number of allylic oxidation sites excluding steroid dienone is 1. The van der Waals surface area contributed by atoms with Crippen LogP contribution in [0.15, 0.2) is 42.6 Å². The number of carbonyl (C=O) groups excluding carboxylic acids is 2. The Morgan fingerprint density at radius 2 is 1.97 bits per heavy atom. The lowest BCUT2D eigenvalue weighted by molar-refractivity contribution is -0.121. The number of aromatic nitrogens is 1. The molecule has 1 saturated carbocycles. The van der Waals surface area contributed by atoms with Crippen molar-refractivity contribution >= 4 is 23.5 Å². The minimum atomic E-state index is -0.136. The van der Waals surface area contributed by atoms with Crippen molar-refractivity contribution in [1.82, 2.24) is 4.98 Å². The Bertz CT molecular complexity index is 920. The van der Waals surface area contributed by atoms with E-state index in [4.69, 9.17) is 0 Å². The van der Waals surface area contributed by atoms with Gasteiger partial charge in [-0.1, -0.05) is 32.1 Å². The van der Waals surface area contributed by atoms with Gasteiger partial charge < -0.3 is 5.32 Å². The van der Waals surface area contributed by atoms with Crippen LogP contribution in [0.2, 0.25) is 0 Å². The minimum absolute atomic E-state index is 0.0102. The van der Waals surface area contributed by atoms with E-state index in [1.54, 1.807) is 6.20 Å². The van der Waals surface area contributed by atoms with Crippen molar-refractivity contribution in [2.75, 3.05) is 5.32 Å². The molecule has 1 heterocycles. The van der Waals surface area contributed by atoms with Gasteiger partial charge in [0.15, 0.2) is 0 Å². The molecule has 1 aliphatic carbocycles. The summed E-state index contributed by atoms with van der Waals surface area (Å²) in [7, 11) is 0. The van der Waals surface area contributed by atoms with Gasteiger partial charge >= 0.3 is 0 Å². The highest BCUT2D eigenvalue weighted by Crippen LogP contribution is 2.43. The molecule has 0 atom stereocenters. The number of carbonyl (C=O) groups is 2. The minimum Gasteiger partial charge on any atom is -0.320 e. The summed E-state index contributed by atoms with van der Waals surface area (Å²) in [6.45, 7) is 6.19. The van der Waals surface area contributed by atoms with E-state index in [-0.39, 0.29) is 11.3 Å². The summed E-state index contributed by atoms with van der Waals surface area (Å²) in [5.74, 6) is 0.228. The molecule has 3 rings (SSSR count). The molecule has 1 amide bonds. The van der Waals surface area contributed by atoms with Gasteiger partial charge in [0, 0.05) is 24.6 Å². The monoisotopic (exact) mass is 390 g/mol.